The summed E-state index contributed by atoms with van der Waals surface area (Å²) in [5.41, 5.74) is 0.524. The molecule has 5 heteroatoms. The fourth-order valence-corrected chi connectivity index (χ4v) is 2.81. The van der Waals surface area contributed by atoms with Gasteiger partial charge >= 0.3 is 0 Å². The van der Waals surface area contributed by atoms with E-state index < -0.39 is 0 Å². The highest BCUT2D eigenvalue weighted by molar-refractivity contribution is 6.31. The average Bonchev–Trinajstić information content (AvgIpc) is 2.55. The second-order valence-electron chi connectivity index (χ2n) is 5.41. The Balaban J connectivity index is 1.95. The van der Waals surface area contributed by atoms with Crippen molar-refractivity contribution in [2.75, 3.05) is 33.4 Å². The second kappa shape index (κ2) is 8.20. The van der Waals surface area contributed by atoms with Crippen LogP contribution in [-0.2, 0) is 4.74 Å². The topological polar surface area (TPSA) is 38.8 Å². The number of benzene rings is 1. The Morgan fingerprint density at radius 2 is 2.18 bits per heavy atom. The van der Waals surface area contributed by atoms with Crippen LogP contribution in [0, 0.1) is 5.92 Å². The smallest absolute Gasteiger partial charge is 0.257 e. The van der Waals surface area contributed by atoms with E-state index in [4.69, 9.17) is 21.1 Å². The molecule has 1 aliphatic heterocycles. The number of piperidine rings is 1. The predicted octanol–water partition coefficient (Wildman–Crippen LogP) is 3.40. The maximum absolute atomic E-state index is 12.6. The van der Waals surface area contributed by atoms with Crippen LogP contribution in [0.15, 0.2) is 30.9 Å². The van der Waals surface area contributed by atoms with Gasteiger partial charge in [0.25, 0.3) is 5.91 Å². The number of nitrogens with zero attached hydrogens (tertiary/aromatic N) is 1. The Hall–Kier alpha value is -1.52. The average molecular weight is 324 g/mol. The van der Waals surface area contributed by atoms with Crippen LogP contribution in [0.2, 0.25) is 5.02 Å². The lowest BCUT2D eigenvalue weighted by atomic mass is 9.97. The molecule has 1 aliphatic rings. The first-order valence-electron chi connectivity index (χ1n) is 7.47. The maximum atomic E-state index is 12.6. The van der Waals surface area contributed by atoms with Crippen molar-refractivity contribution in [1.82, 2.24) is 4.90 Å². The first-order chi connectivity index (χ1) is 10.7. The molecule has 120 valence electrons. The minimum Gasteiger partial charge on any atom is -0.496 e. The Morgan fingerprint density at radius 1 is 1.45 bits per heavy atom. The van der Waals surface area contributed by atoms with E-state index in [1.165, 1.54) is 0 Å². The predicted molar refractivity (Wildman–Crippen MR) is 87.6 cm³/mol. The molecule has 0 aliphatic carbocycles. The largest absolute Gasteiger partial charge is 0.496 e. The zero-order valence-electron chi connectivity index (χ0n) is 12.9. The minimum absolute atomic E-state index is 0.0233. The van der Waals surface area contributed by atoms with E-state index in [-0.39, 0.29) is 5.91 Å². The fraction of sp³-hybridized carbons (Fsp3) is 0.471. The van der Waals surface area contributed by atoms with Crippen molar-refractivity contribution >= 4 is 17.5 Å². The van der Waals surface area contributed by atoms with Crippen LogP contribution in [0.3, 0.4) is 0 Å². The maximum Gasteiger partial charge on any atom is 0.257 e. The highest BCUT2D eigenvalue weighted by atomic mass is 35.5. The summed E-state index contributed by atoms with van der Waals surface area (Å²) in [6.07, 6.45) is 3.65. The molecule has 22 heavy (non-hydrogen) atoms. The van der Waals surface area contributed by atoms with Crippen molar-refractivity contribution in [1.29, 1.82) is 0 Å². The summed E-state index contributed by atoms with van der Waals surface area (Å²) in [4.78, 5) is 14.5. The summed E-state index contributed by atoms with van der Waals surface area (Å²) in [6.45, 7) is 6.41. The van der Waals surface area contributed by atoms with E-state index in [1.807, 2.05) is 4.90 Å². The van der Waals surface area contributed by atoms with E-state index >= 15 is 0 Å². The van der Waals surface area contributed by atoms with Gasteiger partial charge in [0.2, 0.25) is 0 Å². The molecule has 1 heterocycles. The first kappa shape index (κ1) is 16.8. The highest BCUT2D eigenvalue weighted by Gasteiger charge is 2.25. The van der Waals surface area contributed by atoms with Gasteiger partial charge in [-0.2, -0.15) is 0 Å². The van der Waals surface area contributed by atoms with Gasteiger partial charge in [-0.15, -0.1) is 6.58 Å². The zero-order chi connectivity index (χ0) is 15.9. The van der Waals surface area contributed by atoms with E-state index in [1.54, 1.807) is 31.4 Å². The van der Waals surface area contributed by atoms with Gasteiger partial charge in [0.05, 0.1) is 19.3 Å². The molecular formula is C17H22ClNO3. The van der Waals surface area contributed by atoms with Gasteiger partial charge in [-0.05, 0) is 37.0 Å². The number of carbonyl (C=O) groups is 1. The summed E-state index contributed by atoms with van der Waals surface area (Å²) in [5, 5.41) is 0.539. The molecule has 0 spiro atoms. The van der Waals surface area contributed by atoms with Gasteiger partial charge in [0.1, 0.15) is 5.75 Å². The number of hydrogen-bond acceptors (Lipinski definition) is 3. The molecule has 0 radical (unpaired) electrons. The summed E-state index contributed by atoms with van der Waals surface area (Å²) in [6, 6.07) is 5.12. The molecule has 0 bridgehead atoms. The quantitative estimate of drug-likeness (QED) is 0.595. The highest BCUT2D eigenvalue weighted by Crippen LogP contribution is 2.26. The fourth-order valence-electron chi connectivity index (χ4n) is 2.64. The molecule has 0 saturated carbocycles. The molecule has 0 atom stereocenters. The summed E-state index contributed by atoms with van der Waals surface area (Å²) < 4.78 is 10.8. The number of rotatable bonds is 6. The van der Waals surface area contributed by atoms with Gasteiger partial charge < -0.3 is 14.4 Å². The first-order valence-corrected chi connectivity index (χ1v) is 7.85. The number of carbonyl (C=O) groups excluding carboxylic acids is 1. The summed E-state index contributed by atoms with van der Waals surface area (Å²) in [5.74, 6) is 1.04. The van der Waals surface area contributed by atoms with Crippen molar-refractivity contribution in [2.45, 2.75) is 12.8 Å². The lowest BCUT2D eigenvalue weighted by Gasteiger charge is -2.32. The summed E-state index contributed by atoms with van der Waals surface area (Å²) in [7, 11) is 1.56. The van der Waals surface area contributed by atoms with Gasteiger partial charge in [0, 0.05) is 24.7 Å². The van der Waals surface area contributed by atoms with Crippen LogP contribution >= 0.6 is 11.6 Å². The number of methoxy groups -OCH3 is 1. The van der Waals surface area contributed by atoms with E-state index in [9.17, 15) is 4.79 Å². The van der Waals surface area contributed by atoms with E-state index in [0.29, 0.717) is 28.9 Å². The van der Waals surface area contributed by atoms with Gasteiger partial charge in [-0.25, -0.2) is 0 Å². The molecule has 0 unspecified atom stereocenters. The molecule has 0 aromatic heterocycles. The van der Waals surface area contributed by atoms with Gasteiger partial charge in [0.15, 0.2) is 0 Å². The zero-order valence-corrected chi connectivity index (χ0v) is 13.6. The molecule has 1 amide bonds. The van der Waals surface area contributed by atoms with Crippen molar-refractivity contribution in [3.8, 4) is 5.75 Å². The molecular weight excluding hydrogens is 302 g/mol. The monoisotopic (exact) mass is 323 g/mol. The molecule has 1 saturated heterocycles. The molecule has 2 rings (SSSR count). The third kappa shape index (κ3) is 4.24. The Kier molecular flexibility index (Phi) is 6.28. The second-order valence-corrected chi connectivity index (χ2v) is 5.84. The molecule has 1 fully saturated rings. The van der Waals surface area contributed by atoms with Gasteiger partial charge in [-0.1, -0.05) is 17.7 Å². The van der Waals surface area contributed by atoms with Crippen molar-refractivity contribution in [3.05, 3.63) is 41.4 Å². The number of ether oxygens (including phenoxy) is 2. The minimum atomic E-state index is -0.0233. The Bertz CT molecular complexity index is 525. The summed E-state index contributed by atoms with van der Waals surface area (Å²) >= 11 is 6.00. The third-order valence-electron chi connectivity index (χ3n) is 3.88. The van der Waals surface area contributed by atoms with E-state index in [2.05, 4.69) is 6.58 Å². The van der Waals surface area contributed by atoms with Gasteiger partial charge in [-0.3, -0.25) is 4.79 Å². The van der Waals surface area contributed by atoms with Crippen LogP contribution in [0.4, 0.5) is 0 Å². The molecule has 0 N–H and O–H groups in total. The lowest BCUT2D eigenvalue weighted by molar-refractivity contribution is 0.0573. The van der Waals surface area contributed by atoms with Crippen molar-refractivity contribution < 1.29 is 14.3 Å². The Labute approximate surface area is 136 Å². The number of halogens is 1. The lowest BCUT2D eigenvalue weighted by Crippen LogP contribution is -2.39. The van der Waals surface area contributed by atoms with Crippen LogP contribution in [0.25, 0.3) is 0 Å². The molecule has 1 aromatic carbocycles. The Morgan fingerprint density at radius 3 is 2.82 bits per heavy atom. The molecule has 1 aromatic rings. The van der Waals surface area contributed by atoms with Crippen LogP contribution in [-0.4, -0.2) is 44.2 Å². The van der Waals surface area contributed by atoms with E-state index in [0.717, 1.165) is 32.5 Å². The van der Waals surface area contributed by atoms with Crippen LogP contribution < -0.4 is 4.74 Å². The number of amides is 1. The normalized spacial score (nSPS) is 15.6. The standard InChI is InChI=1S/C17H22ClNO3/c1-3-10-22-12-13-6-8-19(9-7-13)17(20)15-11-14(18)4-5-16(15)21-2/h3-5,11,13H,1,6-10,12H2,2H3. The number of likely N-dealkylation sites (tertiary alicyclic amines) is 1. The van der Waals surface area contributed by atoms with Crippen molar-refractivity contribution in [2.24, 2.45) is 5.92 Å². The van der Waals surface area contributed by atoms with Crippen LogP contribution in [0.1, 0.15) is 23.2 Å². The van der Waals surface area contributed by atoms with Crippen molar-refractivity contribution in [3.63, 3.8) is 0 Å². The molecule has 4 nitrogen and oxygen atoms in total. The number of hydrogen-bond donors (Lipinski definition) is 0. The van der Waals surface area contributed by atoms with Crippen LogP contribution in [0.5, 0.6) is 5.75 Å². The third-order valence-corrected chi connectivity index (χ3v) is 4.12. The SMILES string of the molecule is C=CCOCC1CCN(C(=O)c2cc(Cl)ccc2OC)CC1.